The Balaban J connectivity index is 1.95. The zero-order chi connectivity index (χ0) is 14.3. The Morgan fingerprint density at radius 1 is 1.45 bits per heavy atom. The van der Waals surface area contributed by atoms with Gasteiger partial charge in [-0.3, -0.25) is 10.1 Å². The molecule has 1 amide bonds. The van der Waals surface area contributed by atoms with Crippen molar-refractivity contribution in [3.63, 3.8) is 0 Å². The van der Waals surface area contributed by atoms with Gasteiger partial charge in [0.05, 0.1) is 0 Å². The van der Waals surface area contributed by atoms with Crippen molar-refractivity contribution in [3.8, 4) is 0 Å². The van der Waals surface area contributed by atoms with Gasteiger partial charge in [-0.2, -0.15) is 11.8 Å². The molecular weight excluding hydrogens is 268 g/mol. The zero-order valence-corrected chi connectivity index (χ0v) is 13.2. The van der Waals surface area contributed by atoms with E-state index in [1.54, 1.807) is 11.8 Å². The van der Waals surface area contributed by atoms with Crippen LogP contribution >= 0.6 is 11.8 Å². The largest absolute Gasteiger partial charge is 0.318 e. The number of amides is 1. The number of nitrogens with one attached hydrogen (secondary N) is 1. The molecule has 0 bridgehead atoms. The van der Waals surface area contributed by atoms with Crippen LogP contribution in [-0.2, 0) is 4.79 Å². The van der Waals surface area contributed by atoms with E-state index in [2.05, 4.69) is 54.6 Å². The molecule has 0 aromatic heterocycles. The average Bonchev–Trinajstić information content (AvgIpc) is 3.13. The molecule has 1 N–H and O–H groups in total. The highest BCUT2D eigenvalue weighted by Crippen LogP contribution is 2.47. The van der Waals surface area contributed by atoms with E-state index in [-0.39, 0.29) is 17.7 Å². The van der Waals surface area contributed by atoms with Gasteiger partial charge in [0.2, 0.25) is 5.91 Å². The smallest absolute Gasteiger partial charge is 0.244 e. The number of carbonyl (C=O) groups is 1. The van der Waals surface area contributed by atoms with Crippen LogP contribution in [0.3, 0.4) is 0 Å². The summed E-state index contributed by atoms with van der Waals surface area (Å²) in [6.45, 7) is 4.28. The summed E-state index contributed by atoms with van der Waals surface area (Å²) in [5.41, 5.74) is 2.23. The maximum atomic E-state index is 12.8. The fourth-order valence-electron chi connectivity index (χ4n) is 3.14. The molecule has 1 saturated carbocycles. The van der Waals surface area contributed by atoms with Gasteiger partial charge in [0.1, 0.15) is 11.7 Å². The summed E-state index contributed by atoms with van der Waals surface area (Å²) in [7, 11) is 0. The lowest BCUT2D eigenvalue weighted by molar-refractivity contribution is -0.132. The second-order valence-corrected chi connectivity index (χ2v) is 6.91. The van der Waals surface area contributed by atoms with Crippen molar-refractivity contribution in [2.45, 2.75) is 44.4 Å². The first-order chi connectivity index (χ1) is 9.59. The first-order valence-corrected chi connectivity index (χ1v) is 8.63. The summed E-state index contributed by atoms with van der Waals surface area (Å²) < 4.78 is 0. The van der Waals surface area contributed by atoms with Gasteiger partial charge >= 0.3 is 0 Å². The van der Waals surface area contributed by atoms with Crippen LogP contribution in [0.15, 0.2) is 24.3 Å². The number of aryl methyl sites for hydroxylation is 1. The second-order valence-electron chi connectivity index (χ2n) is 6.00. The molecule has 2 fully saturated rings. The lowest BCUT2D eigenvalue weighted by atomic mass is 10.1. The number of benzene rings is 1. The molecule has 20 heavy (non-hydrogen) atoms. The number of rotatable bonds is 4. The minimum atomic E-state index is -0.250. The molecule has 2 unspecified atom stereocenters. The second kappa shape index (κ2) is 5.08. The van der Waals surface area contributed by atoms with Crippen LogP contribution in [0.2, 0.25) is 0 Å². The summed E-state index contributed by atoms with van der Waals surface area (Å²) >= 11 is 1.80. The van der Waals surface area contributed by atoms with Gasteiger partial charge in [0, 0.05) is 11.8 Å². The molecule has 3 rings (SSSR count). The van der Waals surface area contributed by atoms with Crippen molar-refractivity contribution >= 4 is 17.7 Å². The molecule has 1 aliphatic carbocycles. The summed E-state index contributed by atoms with van der Waals surface area (Å²) in [6.07, 6.45) is 4.10. The monoisotopic (exact) mass is 290 g/mol. The fraction of sp³-hybridized carbons (Fsp3) is 0.562. The molecule has 2 atom stereocenters. The van der Waals surface area contributed by atoms with Crippen LogP contribution in [0.25, 0.3) is 0 Å². The lowest BCUT2D eigenvalue weighted by Gasteiger charge is -2.31. The van der Waals surface area contributed by atoms with Crippen LogP contribution in [0.1, 0.15) is 37.1 Å². The third kappa shape index (κ3) is 2.15. The van der Waals surface area contributed by atoms with Crippen molar-refractivity contribution < 1.29 is 4.79 Å². The van der Waals surface area contributed by atoms with Gasteiger partial charge < -0.3 is 4.90 Å². The Labute approximate surface area is 125 Å². The van der Waals surface area contributed by atoms with E-state index >= 15 is 0 Å². The van der Waals surface area contributed by atoms with E-state index in [0.29, 0.717) is 5.91 Å². The molecule has 3 nitrogen and oxygen atoms in total. The number of hydrogen-bond donors (Lipinski definition) is 1. The van der Waals surface area contributed by atoms with E-state index in [9.17, 15) is 4.79 Å². The molecule has 0 radical (unpaired) electrons. The van der Waals surface area contributed by atoms with Gasteiger partial charge in [0.25, 0.3) is 0 Å². The van der Waals surface area contributed by atoms with Crippen molar-refractivity contribution in [1.82, 2.24) is 10.2 Å². The van der Waals surface area contributed by atoms with E-state index in [1.807, 2.05) is 0 Å². The average molecular weight is 290 g/mol. The van der Waals surface area contributed by atoms with Crippen molar-refractivity contribution in [1.29, 1.82) is 0 Å². The summed E-state index contributed by atoms with van der Waals surface area (Å²) in [4.78, 5) is 14.8. The summed E-state index contributed by atoms with van der Waals surface area (Å²) in [5, 5.41) is 3.60. The van der Waals surface area contributed by atoms with Crippen LogP contribution in [0, 0.1) is 6.92 Å². The Morgan fingerprint density at radius 3 is 2.75 bits per heavy atom. The predicted octanol–water partition coefficient (Wildman–Crippen LogP) is 2.71. The van der Waals surface area contributed by atoms with Crippen LogP contribution in [0.4, 0.5) is 0 Å². The first-order valence-electron chi connectivity index (χ1n) is 7.24. The minimum Gasteiger partial charge on any atom is -0.318 e. The summed E-state index contributed by atoms with van der Waals surface area (Å²) in [5.74, 6) is 1.28. The highest BCUT2D eigenvalue weighted by Gasteiger charge is 2.60. The van der Waals surface area contributed by atoms with Gasteiger partial charge in [-0.1, -0.05) is 24.3 Å². The standard InChI is InChI=1S/C16H22N2OS/c1-11-6-4-5-7-13(11)14-17-16(8-9-16)15(19)18(14)12(2)10-20-3/h4-7,12,14,17H,8-10H2,1-3H3. The van der Waals surface area contributed by atoms with Crippen molar-refractivity contribution in [3.05, 3.63) is 35.4 Å². The Kier molecular flexibility index (Phi) is 3.55. The Bertz CT molecular complexity index is 527. The topological polar surface area (TPSA) is 32.3 Å². The van der Waals surface area contributed by atoms with Crippen molar-refractivity contribution in [2.24, 2.45) is 0 Å². The molecule has 1 saturated heterocycles. The SMILES string of the molecule is CSCC(C)N1C(=O)C2(CC2)NC1c1ccccc1C. The van der Waals surface area contributed by atoms with Crippen molar-refractivity contribution in [2.75, 3.05) is 12.0 Å². The molecule has 1 heterocycles. The molecule has 2 aliphatic rings. The predicted molar refractivity (Wildman–Crippen MR) is 83.7 cm³/mol. The highest BCUT2D eigenvalue weighted by atomic mass is 32.2. The fourth-order valence-corrected chi connectivity index (χ4v) is 3.78. The molecule has 1 aromatic rings. The van der Waals surface area contributed by atoms with Crippen LogP contribution in [-0.4, -0.2) is 34.4 Å². The normalized spacial score (nSPS) is 25.2. The maximum absolute atomic E-state index is 12.8. The molecular formula is C16H22N2OS. The van der Waals surface area contributed by atoms with Crippen LogP contribution < -0.4 is 5.32 Å². The Hall–Kier alpha value is -1.00. The van der Waals surface area contributed by atoms with E-state index < -0.39 is 0 Å². The third-order valence-corrected chi connectivity index (χ3v) is 5.27. The van der Waals surface area contributed by atoms with Gasteiger partial charge in [-0.05, 0) is 44.1 Å². The number of carbonyl (C=O) groups excluding carboxylic acids is 1. The molecule has 108 valence electrons. The summed E-state index contributed by atoms with van der Waals surface area (Å²) in [6, 6.07) is 8.63. The number of nitrogens with zero attached hydrogens (tertiary/aromatic N) is 1. The van der Waals surface area contributed by atoms with Gasteiger partial charge in [-0.15, -0.1) is 0 Å². The van der Waals surface area contributed by atoms with E-state index in [0.717, 1.165) is 18.6 Å². The quantitative estimate of drug-likeness (QED) is 0.925. The minimum absolute atomic E-state index is 0.0355. The third-order valence-electron chi connectivity index (χ3n) is 4.45. The maximum Gasteiger partial charge on any atom is 0.244 e. The highest BCUT2D eigenvalue weighted by molar-refractivity contribution is 7.98. The van der Waals surface area contributed by atoms with Gasteiger partial charge in [0.15, 0.2) is 0 Å². The Morgan fingerprint density at radius 2 is 2.15 bits per heavy atom. The van der Waals surface area contributed by atoms with E-state index in [4.69, 9.17) is 0 Å². The van der Waals surface area contributed by atoms with E-state index in [1.165, 1.54) is 11.1 Å². The molecule has 1 spiro atoms. The van der Waals surface area contributed by atoms with Crippen LogP contribution in [0.5, 0.6) is 0 Å². The zero-order valence-electron chi connectivity index (χ0n) is 12.3. The molecule has 4 heteroatoms. The number of thioether (sulfide) groups is 1. The molecule has 1 aromatic carbocycles. The lowest BCUT2D eigenvalue weighted by Crippen LogP contribution is -2.40. The number of hydrogen-bond acceptors (Lipinski definition) is 3. The van der Waals surface area contributed by atoms with Gasteiger partial charge in [-0.25, -0.2) is 0 Å². The molecule has 1 aliphatic heterocycles. The first kappa shape index (κ1) is 14.0.